The standard InChI is InChI=1S/C30H44FNO/c1-3-5-7-8-9-11-23-33-29-22-21-28(32-30(29)31)27-19-17-26(18-20-27)25-15-13-24(14-16-25)12-10-6-4-2/h17-22,24-25H,3-16,23H2,1-2H3/t24-,25-. The van der Waals surface area contributed by atoms with Gasteiger partial charge in [0.2, 0.25) is 0 Å². The Bertz CT molecular complexity index is 795. The summed E-state index contributed by atoms with van der Waals surface area (Å²) < 4.78 is 20.1. The molecule has 182 valence electrons. The molecule has 0 spiro atoms. The molecule has 0 atom stereocenters. The van der Waals surface area contributed by atoms with Crippen molar-refractivity contribution in [3.63, 3.8) is 0 Å². The van der Waals surface area contributed by atoms with E-state index in [1.807, 2.05) is 6.07 Å². The molecule has 1 fully saturated rings. The van der Waals surface area contributed by atoms with E-state index in [1.54, 1.807) is 6.07 Å². The molecule has 1 aromatic heterocycles. The van der Waals surface area contributed by atoms with Crippen LogP contribution in [0.25, 0.3) is 11.3 Å². The summed E-state index contributed by atoms with van der Waals surface area (Å²) in [6.07, 6.45) is 18.0. The molecule has 1 saturated carbocycles. The maximum Gasteiger partial charge on any atom is 0.255 e. The first kappa shape index (κ1) is 25.7. The van der Waals surface area contributed by atoms with Gasteiger partial charge < -0.3 is 4.74 Å². The molecule has 0 bridgehead atoms. The molecule has 1 heterocycles. The van der Waals surface area contributed by atoms with E-state index in [0.717, 1.165) is 24.3 Å². The Balaban J connectivity index is 1.46. The highest BCUT2D eigenvalue weighted by atomic mass is 19.1. The van der Waals surface area contributed by atoms with E-state index < -0.39 is 5.95 Å². The van der Waals surface area contributed by atoms with Gasteiger partial charge in [0.05, 0.1) is 12.3 Å². The molecule has 1 aromatic carbocycles. The normalized spacial score (nSPS) is 18.4. The van der Waals surface area contributed by atoms with Crippen molar-refractivity contribution in [2.45, 2.75) is 110 Å². The maximum absolute atomic E-state index is 14.5. The van der Waals surface area contributed by atoms with Crippen molar-refractivity contribution >= 4 is 0 Å². The molecule has 3 heteroatoms. The van der Waals surface area contributed by atoms with Crippen LogP contribution in [-0.2, 0) is 0 Å². The number of hydrogen-bond acceptors (Lipinski definition) is 2. The summed E-state index contributed by atoms with van der Waals surface area (Å²) in [5.74, 6) is 1.36. The van der Waals surface area contributed by atoms with Gasteiger partial charge in [0, 0.05) is 5.56 Å². The summed E-state index contributed by atoms with van der Waals surface area (Å²) in [6.45, 7) is 5.06. The quantitative estimate of drug-likeness (QED) is 0.210. The number of pyridine rings is 1. The van der Waals surface area contributed by atoms with Gasteiger partial charge in [-0.25, -0.2) is 4.98 Å². The highest BCUT2D eigenvalue weighted by Crippen LogP contribution is 2.38. The lowest BCUT2D eigenvalue weighted by atomic mass is 9.77. The number of unbranched alkanes of at least 4 members (excludes halogenated alkanes) is 7. The van der Waals surface area contributed by atoms with E-state index >= 15 is 0 Å². The second-order valence-corrected chi connectivity index (χ2v) is 9.94. The first-order valence-electron chi connectivity index (χ1n) is 13.6. The fourth-order valence-electron chi connectivity index (χ4n) is 5.15. The summed E-state index contributed by atoms with van der Waals surface area (Å²) in [6, 6.07) is 12.2. The lowest BCUT2D eigenvalue weighted by Gasteiger charge is -2.29. The number of rotatable bonds is 14. The molecular weight excluding hydrogens is 409 g/mol. The number of nitrogens with zero attached hydrogens (tertiary/aromatic N) is 1. The van der Waals surface area contributed by atoms with Gasteiger partial charge in [-0.15, -0.1) is 0 Å². The molecule has 0 unspecified atom stereocenters. The second-order valence-electron chi connectivity index (χ2n) is 9.94. The van der Waals surface area contributed by atoms with Crippen LogP contribution in [0, 0.1) is 11.9 Å². The molecule has 0 radical (unpaired) electrons. The molecule has 0 N–H and O–H groups in total. The topological polar surface area (TPSA) is 22.1 Å². The number of ether oxygens (including phenoxy) is 1. The molecule has 3 rings (SSSR count). The van der Waals surface area contributed by atoms with E-state index in [4.69, 9.17) is 4.74 Å². The van der Waals surface area contributed by atoms with E-state index in [2.05, 4.69) is 43.1 Å². The van der Waals surface area contributed by atoms with Crippen molar-refractivity contribution in [3.05, 3.63) is 47.9 Å². The zero-order valence-electron chi connectivity index (χ0n) is 21.0. The van der Waals surface area contributed by atoms with Crippen LogP contribution in [0.15, 0.2) is 36.4 Å². The van der Waals surface area contributed by atoms with Crippen molar-refractivity contribution < 1.29 is 9.13 Å². The zero-order valence-corrected chi connectivity index (χ0v) is 21.0. The van der Waals surface area contributed by atoms with Gasteiger partial charge in [0.25, 0.3) is 5.95 Å². The Kier molecular flexibility index (Phi) is 11.2. The van der Waals surface area contributed by atoms with Gasteiger partial charge in [0.1, 0.15) is 0 Å². The number of benzene rings is 1. The SMILES string of the molecule is CCCCCCCCOc1ccc(-c2ccc([C@H]3CC[C@H](CCCCC)CC3)cc2)nc1F. The van der Waals surface area contributed by atoms with Crippen LogP contribution in [0.1, 0.15) is 115 Å². The number of halogens is 1. The fourth-order valence-corrected chi connectivity index (χ4v) is 5.15. The minimum absolute atomic E-state index is 0.264. The average molecular weight is 454 g/mol. The van der Waals surface area contributed by atoms with Crippen molar-refractivity contribution in [2.24, 2.45) is 5.92 Å². The predicted octanol–water partition coefficient (Wildman–Crippen LogP) is 9.48. The average Bonchev–Trinajstić information content (AvgIpc) is 2.85. The van der Waals surface area contributed by atoms with Crippen molar-refractivity contribution in [2.75, 3.05) is 6.61 Å². The Labute approximate surface area is 201 Å². The summed E-state index contributed by atoms with van der Waals surface area (Å²) in [5.41, 5.74) is 3.06. The first-order chi connectivity index (χ1) is 16.2. The third-order valence-electron chi connectivity index (χ3n) is 7.31. The van der Waals surface area contributed by atoms with Crippen molar-refractivity contribution in [1.82, 2.24) is 4.98 Å². The van der Waals surface area contributed by atoms with Crippen molar-refractivity contribution in [1.29, 1.82) is 0 Å². The Morgan fingerprint density at radius 3 is 2.15 bits per heavy atom. The van der Waals surface area contributed by atoms with Gasteiger partial charge in [-0.1, -0.05) is 95.9 Å². The van der Waals surface area contributed by atoms with Gasteiger partial charge in [-0.3, -0.25) is 0 Å². The van der Waals surface area contributed by atoms with Crippen LogP contribution in [0.3, 0.4) is 0 Å². The second kappa shape index (κ2) is 14.4. The summed E-state index contributed by atoms with van der Waals surface area (Å²) in [5, 5.41) is 0. The third-order valence-corrected chi connectivity index (χ3v) is 7.31. The Morgan fingerprint density at radius 1 is 0.788 bits per heavy atom. The van der Waals surface area contributed by atoms with Gasteiger partial charge >= 0.3 is 0 Å². The highest BCUT2D eigenvalue weighted by Gasteiger charge is 2.22. The summed E-state index contributed by atoms with van der Waals surface area (Å²) in [4.78, 5) is 4.18. The van der Waals surface area contributed by atoms with E-state index in [1.165, 1.54) is 82.6 Å². The molecule has 0 aliphatic heterocycles. The van der Waals surface area contributed by atoms with Crippen LogP contribution in [0.2, 0.25) is 0 Å². The molecular formula is C30H44FNO. The van der Waals surface area contributed by atoms with E-state index in [0.29, 0.717) is 18.2 Å². The Hall–Kier alpha value is -1.90. The molecule has 2 aromatic rings. The minimum Gasteiger partial charge on any atom is -0.489 e. The largest absolute Gasteiger partial charge is 0.489 e. The van der Waals surface area contributed by atoms with E-state index in [9.17, 15) is 4.39 Å². The molecule has 0 saturated heterocycles. The minimum atomic E-state index is -0.510. The first-order valence-corrected chi connectivity index (χ1v) is 13.6. The number of aromatic nitrogens is 1. The Morgan fingerprint density at radius 2 is 1.45 bits per heavy atom. The molecule has 2 nitrogen and oxygen atoms in total. The third kappa shape index (κ3) is 8.43. The van der Waals surface area contributed by atoms with Gasteiger partial charge in [0.15, 0.2) is 5.75 Å². The predicted molar refractivity (Wildman–Crippen MR) is 137 cm³/mol. The molecule has 1 aliphatic rings. The van der Waals surface area contributed by atoms with Crippen LogP contribution in [0.4, 0.5) is 4.39 Å². The van der Waals surface area contributed by atoms with Gasteiger partial charge in [-0.05, 0) is 61.6 Å². The summed E-state index contributed by atoms with van der Waals surface area (Å²) in [7, 11) is 0. The molecule has 0 amide bonds. The van der Waals surface area contributed by atoms with Crippen molar-refractivity contribution in [3.8, 4) is 17.0 Å². The molecule has 1 aliphatic carbocycles. The highest BCUT2D eigenvalue weighted by molar-refractivity contribution is 5.60. The smallest absolute Gasteiger partial charge is 0.255 e. The molecule has 33 heavy (non-hydrogen) atoms. The van der Waals surface area contributed by atoms with E-state index in [-0.39, 0.29) is 5.75 Å². The van der Waals surface area contributed by atoms with Crippen LogP contribution in [0.5, 0.6) is 5.75 Å². The van der Waals surface area contributed by atoms with Crippen LogP contribution in [-0.4, -0.2) is 11.6 Å². The summed E-state index contributed by atoms with van der Waals surface area (Å²) >= 11 is 0. The lowest BCUT2D eigenvalue weighted by molar-refractivity contribution is 0.286. The van der Waals surface area contributed by atoms with Crippen LogP contribution < -0.4 is 4.74 Å². The monoisotopic (exact) mass is 453 g/mol. The van der Waals surface area contributed by atoms with Crippen LogP contribution >= 0.6 is 0 Å². The maximum atomic E-state index is 14.5. The van der Waals surface area contributed by atoms with Gasteiger partial charge in [-0.2, -0.15) is 4.39 Å². The fraction of sp³-hybridized carbons (Fsp3) is 0.633. The zero-order chi connectivity index (χ0) is 23.3. The number of hydrogen-bond donors (Lipinski definition) is 0. The lowest BCUT2D eigenvalue weighted by Crippen LogP contribution is -2.13.